The van der Waals surface area contributed by atoms with Crippen molar-refractivity contribution in [2.24, 2.45) is 5.92 Å². The highest BCUT2D eigenvalue weighted by atomic mass is 16.7. The fourth-order valence-corrected chi connectivity index (χ4v) is 5.27. The van der Waals surface area contributed by atoms with Gasteiger partial charge in [0.1, 0.15) is 0 Å². The van der Waals surface area contributed by atoms with Gasteiger partial charge in [-0.05, 0) is 61.8 Å². The molecule has 26 heavy (non-hydrogen) atoms. The normalized spacial score (nSPS) is 29.6. The van der Waals surface area contributed by atoms with Gasteiger partial charge >= 0.3 is 6.09 Å². The van der Waals surface area contributed by atoms with E-state index in [0.29, 0.717) is 25.4 Å². The summed E-state index contributed by atoms with van der Waals surface area (Å²) in [6.45, 7) is 5.60. The molecule has 6 nitrogen and oxygen atoms in total. The van der Waals surface area contributed by atoms with E-state index in [4.69, 9.17) is 14.2 Å². The summed E-state index contributed by atoms with van der Waals surface area (Å²) < 4.78 is 16.5. The van der Waals surface area contributed by atoms with Crippen molar-refractivity contribution < 1.29 is 19.0 Å². The second-order valence-corrected chi connectivity index (χ2v) is 7.76. The largest absolute Gasteiger partial charge is 0.454 e. The molecule has 6 heteroatoms. The minimum Gasteiger partial charge on any atom is -0.454 e. The minimum atomic E-state index is -0.141. The van der Waals surface area contributed by atoms with Crippen LogP contribution in [0.3, 0.4) is 0 Å². The Morgan fingerprint density at radius 1 is 1.27 bits per heavy atom. The predicted octanol–water partition coefficient (Wildman–Crippen LogP) is 2.96. The Hall–Kier alpha value is -1.95. The lowest BCUT2D eigenvalue weighted by Crippen LogP contribution is -2.57. The van der Waals surface area contributed by atoms with E-state index in [9.17, 15) is 4.79 Å². The van der Waals surface area contributed by atoms with E-state index in [0.717, 1.165) is 50.4 Å². The molecule has 0 N–H and O–H groups in total. The Morgan fingerprint density at radius 2 is 2.12 bits per heavy atom. The van der Waals surface area contributed by atoms with Crippen LogP contribution in [0.4, 0.5) is 4.79 Å². The third-order valence-corrected chi connectivity index (χ3v) is 6.46. The van der Waals surface area contributed by atoms with Crippen molar-refractivity contribution in [1.82, 2.24) is 9.80 Å². The van der Waals surface area contributed by atoms with Crippen molar-refractivity contribution >= 4 is 6.09 Å². The molecule has 3 atom stereocenters. The van der Waals surface area contributed by atoms with Gasteiger partial charge in [0.15, 0.2) is 11.5 Å². The van der Waals surface area contributed by atoms with E-state index in [1.807, 2.05) is 11.8 Å². The third kappa shape index (κ3) is 2.54. The Morgan fingerprint density at radius 3 is 2.96 bits per heavy atom. The number of piperidine rings is 2. The molecule has 1 aromatic carbocycles. The Labute approximate surface area is 154 Å². The summed E-state index contributed by atoms with van der Waals surface area (Å²) in [4.78, 5) is 17.1. The SMILES string of the molecule is CCOC(=O)N1CCCC2CN3CCc4cc5c(cc4C3CC21)OCO5. The van der Waals surface area contributed by atoms with E-state index in [2.05, 4.69) is 17.0 Å². The number of amides is 1. The summed E-state index contributed by atoms with van der Waals surface area (Å²) in [5, 5.41) is 0. The summed E-state index contributed by atoms with van der Waals surface area (Å²) in [6, 6.07) is 4.96. The van der Waals surface area contributed by atoms with Crippen LogP contribution in [0.5, 0.6) is 11.5 Å². The van der Waals surface area contributed by atoms with Crippen molar-refractivity contribution in [2.45, 2.75) is 44.7 Å². The number of rotatable bonds is 1. The van der Waals surface area contributed by atoms with E-state index in [-0.39, 0.29) is 12.1 Å². The van der Waals surface area contributed by atoms with Crippen molar-refractivity contribution in [3.63, 3.8) is 0 Å². The van der Waals surface area contributed by atoms with E-state index in [1.165, 1.54) is 17.5 Å². The van der Waals surface area contributed by atoms with Gasteiger partial charge in [-0.15, -0.1) is 0 Å². The molecule has 0 radical (unpaired) electrons. The first-order chi connectivity index (χ1) is 12.7. The van der Waals surface area contributed by atoms with Crippen LogP contribution in [0, 0.1) is 5.92 Å². The van der Waals surface area contributed by atoms with E-state index >= 15 is 0 Å². The topological polar surface area (TPSA) is 51.2 Å². The summed E-state index contributed by atoms with van der Waals surface area (Å²) in [5.41, 5.74) is 2.72. The number of ether oxygens (including phenoxy) is 3. The summed E-state index contributed by atoms with van der Waals surface area (Å²) in [7, 11) is 0. The van der Waals surface area contributed by atoms with Gasteiger partial charge in [-0.1, -0.05) is 0 Å². The molecule has 4 aliphatic rings. The lowest BCUT2D eigenvalue weighted by Gasteiger charge is -2.51. The number of hydrogen-bond donors (Lipinski definition) is 0. The van der Waals surface area contributed by atoms with Gasteiger partial charge < -0.3 is 19.1 Å². The van der Waals surface area contributed by atoms with Gasteiger partial charge in [-0.25, -0.2) is 4.79 Å². The molecular weight excluding hydrogens is 332 g/mol. The maximum atomic E-state index is 12.5. The zero-order chi connectivity index (χ0) is 17.7. The summed E-state index contributed by atoms with van der Waals surface area (Å²) >= 11 is 0. The highest BCUT2D eigenvalue weighted by Gasteiger charge is 2.44. The van der Waals surface area contributed by atoms with E-state index < -0.39 is 0 Å². The maximum Gasteiger partial charge on any atom is 0.410 e. The van der Waals surface area contributed by atoms with Crippen molar-refractivity contribution in [3.05, 3.63) is 23.3 Å². The summed E-state index contributed by atoms with van der Waals surface area (Å²) in [6.07, 6.45) is 4.18. The molecule has 1 aromatic rings. The van der Waals surface area contributed by atoms with Gasteiger partial charge in [0.2, 0.25) is 6.79 Å². The molecule has 0 aliphatic carbocycles. The molecule has 5 rings (SSSR count). The van der Waals surface area contributed by atoms with Crippen LogP contribution in [-0.2, 0) is 11.2 Å². The van der Waals surface area contributed by atoms with Gasteiger partial charge in [-0.2, -0.15) is 0 Å². The minimum absolute atomic E-state index is 0.141. The quantitative estimate of drug-likeness (QED) is 0.773. The first-order valence-electron chi connectivity index (χ1n) is 9.84. The molecule has 0 saturated carbocycles. The molecule has 0 aromatic heterocycles. The highest BCUT2D eigenvalue weighted by Crippen LogP contribution is 2.46. The first-order valence-corrected chi connectivity index (χ1v) is 9.84. The first kappa shape index (κ1) is 16.2. The van der Waals surface area contributed by atoms with Gasteiger partial charge in [-0.3, -0.25) is 4.90 Å². The second kappa shape index (κ2) is 6.34. The zero-order valence-corrected chi connectivity index (χ0v) is 15.3. The van der Waals surface area contributed by atoms with Gasteiger partial charge in [0.05, 0.1) is 6.61 Å². The lowest BCUT2D eigenvalue weighted by atomic mass is 9.76. The molecule has 4 aliphatic heterocycles. The molecule has 2 saturated heterocycles. The smallest absolute Gasteiger partial charge is 0.410 e. The highest BCUT2D eigenvalue weighted by molar-refractivity contribution is 5.68. The fraction of sp³-hybridized carbons (Fsp3) is 0.650. The third-order valence-electron chi connectivity index (χ3n) is 6.46. The lowest BCUT2D eigenvalue weighted by molar-refractivity contribution is -0.0115. The van der Waals surface area contributed by atoms with Crippen LogP contribution in [0.1, 0.15) is 43.4 Å². The van der Waals surface area contributed by atoms with Crippen molar-refractivity contribution in [1.29, 1.82) is 0 Å². The molecule has 0 bridgehead atoms. The number of carbonyl (C=O) groups excluding carboxylic acids is 1. The van der Waals surface area contributed by atoms with Crippen LogP contribution in [-0.4, -0.2) is 55.0 Å². The summed E-state index contributed by atoms with van der Waals surface area (Å²) in [5.74, 6) is 2.29. The van der Waals surface area contributed by atoms with Crippen LogP contribution in [0.2, 0.25) is 0 Å². The molecule has 1 amide bonds. The average molecular weight is 358 g/mol. The average Bonchev–Trinajstić information content (AvgIpc) is 3.12. The van der Waals surface area contributed by atoms with Gasteiger partial charge in [0, 0.05) is 31.7 Å². The molecular formula is C20H26N2O4. The molecule has 140 valence electrons. The molecule has 4 heterocycles. The number of fused-ring (bicyclic) bond motifs is 5. The Bertz CT molecular complexity index is 722. The number of carbonyl (C=O) groups is 1. The van der Waals surface area contributed by atoms with Crippen LogP contribution >= 0.6 is 0 Å². The van der Waals surface area contributed by atoms with Crippen LogP contribution < -0.4 is 9.47 Å². The molecule has 2 fully saturated rings. The van der Waals surface area contributed by atoms with Crippen LogP contribution in [0.25, 0.3) is 0 Å². The van der Waals surface area contributed by atoms with Gasteiger partial charge in [0.25, 0.3) is 0 Å². The Balaban J connectivity index is 1.45. The number of nitrogens with zero attached hydrogens (tertiary/aromatic N) is 2. The monoisotopic (exact) mass is 358 g/mol. The maximum absolute atomic E-state index is 12.5. The standard InChI is InChI=1S/C20H26N2O4/c1-2-24-20(23)22-6-3-4-14-11-21-7-5-13-8-18-19(26-12-25-18)9-15(13)17(21)10-16(14)22/h8-9,14,16-17H,2-7,10-12H2,1H3. The second-order valence-electron chi connectivity index (χ2n) is 7.76. The molecule has 0 spiro atoms. The number of benzene rings is 1. The van der Waals surface area contributed by atoms with Crippen LogP contribution in [0.15, 0.2) is 12.1 Å². The van der Waals surface area contributed by atoms with Crippen molar-refractivity contribution in [3.8, 4) is 11.5 Å². The van der Waals surface area contributed by atoms with Crippen molar-refractivity contribution in [2.75, 3.05) is 33.0 Å². The Kier molecular flexibility index (Phi) is 3.96. The van der Waals surface area contributed by atoms with E-state index in [1.54, 1.807) is 0 Å². The molecule has 3 unspecified atom stereocenters. The number of likely N-dealkylation sites (tertiary alicyclic amines) is 1. The predicted molar refractivity (Wildman–Crippen MR) is 95.4 cm³/mol. The zero-order valence-electron chi connectivity index (χ0n) is 15.3. The number of hydrogen-bond acceptors (Lipinski definition) is 5. The fourth-order valence-electron chi connectivity index (χ4n) is 5.27.